The molecule has 1 aromatic rings. The normalized spacial score (nSPS) is 11.7. The number of benzene rings is 1. The Bertz CT molecular complexity index is 623. The van der Waals surface area contributed by atoms with Gasteiger partial charge in [0.15, 0.2) is 0 Å². The molecule has 0 N–H and O–H groups in total. The number of methoxy groups -OCH3 is 1. The summed E-state index contributed by atoms with van der Waals surface area (Å²) in [6, 6.07) is 3.57. The second kappa shape index (κ2) is 8.56. The van der Waals surface area contributed by atoms with Crippen LogP contribution >= 0.6 is 15.9 Å². The van der Waals surface area contributed by atoms with Crippen molar-refractivity contribution < 1.29 is 27.1 Å². The maximum atomic E-state index is 13.9. The Morgan fingerprint density at radius 2 is 2.09 bits per heavy atom. The minimum Gasteiger partial charge on any atom is -0.465 e. The third-order valence-electron chi connectivity index (χ3n) is 2.67. The molecule has 0 fully saturated rings. The van der Waals surface area contributed by atoms with E-state index in [1.807, 2.05) is 0 Å². The van der Waals surface area contributed by atoms with Gasteiger partial charge in [0.05, 0.1) is 13.2 Å². The summed E-state index contributed by atoms with van der Waals surface area (Å²) in [5.74, 6) is -1.60. The first-order valence-electron chi connectivity index (χ1n) is 6.42. The number of halogens is 2. The van der Waals surface area contributed by atoms with Crippen molar-refractivity contribution in [3.05, 3.63) is 28.5 Å². The third-order valence-corrected chi connectivity index (χ3v) is 5.02. The molecule has 0 saturated carbocycles. The Hall–Kier alpha value is -1.03. The van der Waals surface area contributed by atoms with E-state index in [0.29, 0.717) is 4.47 Å². The van der Waals surface area contributed by atoms with Gasteiger partial charge in [-0.1, -0.05) is 15.9 Å². The first-order chi connectivity index (χ1) is 10.3. The lowest BCUT2D eigenvalue weighted by Crippen LogP contribution is -2.39. The lowest BCUT2D eigenvalue weighted by molar-refractivity contribution is -0.143. The molecule has 22 heavy (non-hydrogen) atoms. The predicted octanol–water partition coefficient (Wildman–Crippen LogP) is 1.79. The molecule has 0 amide bonds. The molecule has 0 aromatic heterocycles. The van der Waals surface area contributed by atoms with Crippen LogP contribution in [0.15, 0.2) is 27.6 Å². The molecule has 0 unspecified atom stereocenters. The number of ether oxygens (including phenoxy) is 2. The fourth-order valence-corrected chi connectivity index (χ4v) is 3.61. The van der Waals surface area contributed by atoms with E-state index in [0.717, 1.165) is 16.4 Å². The van der Waals surface area contributed by atoms with Gasteiger partial charge in [0.1, 0.15) is 17.3 Å². The second-order valence-corrected chi connectivity index (χ2v) is 7.03. The number of carbonyl (C=O) groups excluding carboxylic acids is 1. The quantitative estimate of drug-likeness (QED) is 0.625. The van der Waals surface area contributed by atoms with Crippen LogP contribution in [0.5, 0.6) is 0 Å². The van der Waals surface area contributed by atoms with Crippen LogP contribution in [0, 0.1) is 5.82 Å². The smallest absolute Gasteiger partial charge is 0.321 e. The number of hydrogen-bond acceptors (Lipinski definition) is 5. The number of nitrogens with zero attached hydrogens (tertiary/aromatic N) is 1. The zero-order chi connectivity index (χ0) is 16.8. The molecule has 0 saturated heterocycles. The molecule has 124 valence electrons. The monoisotopic (exact) mass is 397 g/mol. The van der Waals surface area contributed by atoms with Crippen LogP contribution in [0.4, 0.5) is 4.39 Å². The van der Waals surface area contributed by atoms with E-state index in [4.69, 9.17) is 9.47 Å². The van der Waals surface area contributed by atoms with Crippen LogP contribution in [0.1, 0.15) is 6.92 Å². The lowest BCUT2D eigenvalue weighted by atomic mass is 10.3. The average Bonchev–Trinajstić information content (AvgIpc) is 2.46. The second-order valence-electron chi connectivity index (χ2n) is 4.21. The number of esters is 1. The van der Waals surface area contributed by atoms with Crippen molar-refractivity contribution in [2.75, 3.05) is 33.4 Å². The molecule has 9 heteroatoms. The van der Waals surface area contributed by atoms with Crippen LogP contribution in [0.25, 0.3) is 0 Å². The highest BCUT2D eigenvalue weighted by atomic mass is 79.9. The van der Waals surface area contributed by atoms with Crippen molar-refractivity contribution in [3.63, 3.8) is 0 Å². The van der Waals surface area contributed by atoms with Gasteiger partial charge in [-0.05, 0) is 25.1 Å². The third kappa shape index (κ3) is 5.01. The summed E-state index contributed by atoms with van der Waals surface area (Å²) >= 11 is 3.10. The largest absolute Gasteiger partial charge is 0.465 e. The average molecular weight is 398 g/mol. The Morgan fingerprint density at radius 3 is 2.68 bits per heavy atom. The van der Waals surface area contributed by atoms with E-state index >= 15 is 0 Å². The Morgan fingerprint density at radius 1 is 1.41 bits per heavy atom. The predicted molar refractivity (Wildman–Crippen MR) is 81.4 cm³/mol. The highest BCUT2D eigenvalue weighted by molar-refractivity contribution is 9.10. The SMILES string of the molecule is CCOC(=O)CN(CCOC)S(=O)(=O)c1cc(Br)ccc1F. The van der Waals surface area contributed by atoms with Gasteiger partial charge < -0.3 is 9.47 Å². The molecule has 1 rings (SSSR count). The summed E-state index contributed by atoms with van der Waals surface area (Å²) < 4.78 is 49.8. The van der Waals surface area contributed by atoms with Crippen LogP contribution in [-0.4, -0.2) is 52.1 Å². The highest BCUT2D eigenvalue weighted by Crippen LogP contribution is 2.23. The first-order valence-corrected chi connectivity index (χ1v) is 8.66. The minimum absolute atomic E-state index is 0.0637. The van der Waals surface area contributed by atoms with Gasteiger partial charge in [-0.2, -0.15) is 4.31 Å². The molecule has 0 aliphatic carbocycles. The van der Waals surface area contributed by atoms with Crippen molar-refractivity contribution in [2.24, 2.45) is 0 Å². The van der Waals surface area contributed by atoms with Crippen LogP contribution in [0.3, 0.4) is 0 Å². The van der Waals surface area contributed by atoms with Crippen molar-refractivity contribution in [3.8, 4) is 0 Å². The van der Waals surface area contributed by atoms with Gasteiger partial charge in [-0.15, -0.1) is 0 Å². The summed E-state index contributed by atoms with van der Waals surface area (Å²) in [5, 5.41) is 0. The molecule has 0 bridgehead atoms. The lowest BCUT2D eigenvalue weighted by Gasteiger charge is -2.21. The number of sulfonamides is 1. The highest BCUT2D eigenvalue weighted by Gasteiger charge is 2.29. The molecule has 0 aliphatic heterocycles. The van der Waals surface area contributed by atoms with Crippen molar-refractivity contribution >= 4 is 31.9 Å². The van der Waals surface area contributed by atoms with E-state index in [-0.39, 0.29) is 19.8 Å². The van der Waals surface area contributed by atoms with Gasteiger partial charge in [0.2, 0.25) is 10.0 Å². The van der Waals surface area contributed by atoms with E-state index < -0.39 is 33.3 Å². The molecular formula is C13H17BrFNO5S. The standard InChI is InChI=1S/C13H17BrFNO5S/c1-3-21-13(17)9-16(6-7-20-2)22(18,19)12-8-10(14)4-5-11(12)15/h4-5,8H,3,6-7,9H2,1-2H3. The maximum absolute atomic E-state index is 13.9. The van der Waals surface area contributed by atoms with Gasteiger partial charge in [0, 0.05) is 18.1 Å². The van der Waals surface area contributed by atoms with Crippen molar-refractivity contribution in [2.45, 2.75) is 11.8 Å². The number of hydrogen-bond donors (Lipinski definition) is 0. The molecule has 6 nitrogen and oxygen atoms in total. The summed E-state index contributed by atoms with van der Waals surface area (Å²) in [6.07, 6.45) is 0. The van der Waals surface area contributed by atoms with Crippen LogP contribution < -0.4 is 0 Å². The summed E-state index contributed by atoms with van der Waals surface area (Å²) in [6.45, 7) is 1.20. The van der Waals surface area contributed by atoms with Crippen LogP contribution in [-0.2, 0) is 24.3 Å². The topological polar surface area (TPSA) is 72.9 Å². The Kier molecular flexibility index (Phi) is 7.40. The summed E-state index contributed by atoms with van der Waals surface area (Å²) in [7, 11) is -2.79. The molecule has 0 aliphatic rings. The van der Waals surface area contributed by atoms with E-state index in [9.17, 15) is 17.6 Å². The summed E-state index contributed by atoms with van der Waals surface area (Å²) in [5.41, 5.74) is 0. The minimum atomic E-state index is -4.19. The molecule has 1 aromatic carbocycles. The van der Waals surface area contributed by atoms with Crippen molar-refractivity contribution in [1.82, 2.24) is 4.31 Å². The van der Waals surface area contributed by atoms with Crippen LogP contribution in [0.2, 0.25) is 0 Å². The fourth-order valence-electron chi connectivity index (χ4n) is 1.64. The van der Waals surface area contributed by atoms with Gasteiger partial charge in [-0.3, -0.25) is 4.79 Å². The summed E-state index contributed by atoms with van der Waals surface area (Å²) in [4.78, 5) is 11.1. The Balaban J connectivity index is 3.14. The molecule has 0 radical (unpaired) electrons. The molecule has 0 atom stereocenters. The van der Waals surface area contributed by atoms with Crippen molar-refractivity contribution in [1.29, 1.82) is 0 Å². The zero-order valence-corrected chi connectivity index (χ0v) is 14.6. The molecular weight excluding hydrogens is 381 g/mol. The van der Waals surface area contributed by atoms with E-state index in [2.05, 4.69) is 15.9 Å². The molecule has 0 heterocycles. The van der Waals surface area contributed by atoms with Gasteiger partial charge in [-0.25, -0.2) is 12.8 Å². The maximum Gasteiger partial charge on any atom is 0.321 e. The fraction of sp³-hybridized carbons (Fsp3) is 0.462. The zero-order valence-electron chi connectivity index (χ0n) is 12.2. The molecule has 0 spiro atoms. The van der Waals surface area contributed by atoms with E-state index in [1.165, 1.54) is 13.2 Å². The first kappa shape index (κ1) is 19.0. The number of carbonyl (C=O) groups is 1. The number of rotatable bonds is 8. The van der Waals surface area contributed by atoms with E-state index in [1.54, 1.807) is 6.92 Å². The van der Waals surface area contributed by atoms with Gasteiger partial charge in [0.25, 0.3) is 0 Å². The Labute approximate surface area is 137 Å². The van der Waals surface area contributed by atoms with Gasteiger partial charge >= 0.3 is 5.97 Å².